The van der Waals surface area contributed by atoms with E-state index in [2.05, 4.69) is 0 Å². The lowest BCUT2D eigenvalue weighted by Gasteiger charge is -2.38. The molecule has 25 heavy (non-hydrogen) atoms. The molecule has 0 unspecified atom stereocenters. The predicted octanol–water partition coefficient (Wildman–Crippen LogP) is 4.28. The van der Waals surface area contributed by atoms with Gasteiger partial charge in [-0.15, -0.1) is 0 Å². The van der Waals surface area contributed by atoms with Gasteiger partial charge < -0.3 is 5.73 Å². The van der Waals surface area contributed by atoms with Crippen molar-refractivity contribution in [3.8, 4) is 0 Å². The first-order valence-corrected chi connectivity index (χ1v) is 8.52. The van der Waals surface area contributed by atoms with Crippen LogP contribution in [0.4, 0.5) is 8.78 Å². The lowest BCUT2D eigenvalue weighted by Crippen LogP contribution is -2.45. The fourth-order valence-electron chi connectivity index (χ4n) is 3.20. The minimum Gasteiger partial charge on any atom is -0.369 e. The van der Waals surface area contributed by atoms with Gasteiger partial charge in [-0.2, -0.15) is 0 Å². The second-order valence-corrected chi connectivity index (χ2v) is 8.78. The molecule has 0 saturated heterocycles. The number of ketones is 1. The van der Waals surface area contributed by atoms with Crippen LogP contribution in [0.1, 0.15) is 53.5 Å². The maximum absolute atomic E-state index is 13.4. The van der Waals surface area contributed by atoms with Crippen molar-refractivity contribution in [2.75, 3.05) is 0 Å². The zero-order valence-electron chi connectivity index (χ0n) is 16.0. The summed E-state index contributed by atoms with van der Waals surface area (Å²) in [6.45, 7) is 11.1. The van der Waals surface area contributed by atoms with Crippen LogP contribution in [0.25, 0.3) is 0 Å². The third-order valence-electron chi connectivity index (χ3n) is 4.39. The number of hydrogen-bond donors (Lipinski definition) is 1. The maximum atomic E-state index is 13.4. The van der Waals surface area contributed by atoms with Crippen molar-refractivity contribution in [2.45, 2.75) is 54.4 Å². The van der Waals surface area contributed by atoms with Crippen LogP contribution < -0.4 is 5.73 Å². The number of halogens is 2. The molecule has 1 rings (SSSR count). The van der Waals surface area contributed by atoms with Crippen LogP contribution in [0.2, 0.25) is 0 Å². The number of primary amides is 1. The summed E-state index contributed by atoms with van der Waals surface area (Å²) in [6.07, 6.45) is 0.536. The van der Waals surface area contributed by atoms with E-state index in [1.165, 1.54) is 12.1 Å². The first-order valence-electron chi connectivity index (χ1n) is 8.52. The smallest absolute Gasteiger partial charge is 0.221 e. The Morgan fingerprint density at radius 2 is 1.48 bits per heavy atom. The Bertz CT molecular complexity index is 622. The summed E-state index contributed by atoms with van der Waals surface area (Å²) in [5, 5.41) is 0. The highest BCUT2D eigenvalue weighted by atomic mass is 19.1. The molecule has 0 saturated carbocycles. The zero-order chi connectivity index (χ0) is 19.6. The predicted molar refractivity (Wildman–Crippen MR) is 94.8 cm³/mol. The number of carbonyl (C=O) groups is 2. The van der Waals surface area contributed by atoms with E-state index in [4.69, 9.17) is 5.73 Å². The summed E-state index contributed by atoms with van der Waals surface area (Å²) in [5.41, 5.74) is 4.97. The number of carbonyl (C=O) groups excluding carboxylic acids is 2. The Kier molecular flexibility index (Phi) is 6.49. The largest absolute Gasteiger partial charge is 0.369 e. The van der Waals surface area contributed by atoms with Crippen LogP contribution >= 0.6 is 0 Å². The number of amides is 1. The topological polar surface area (TPSA) is 60.2 Å². The molecule has 0 aliphatic carbocycles. The number of nitrogens with two attached hydrogens (primary N) is 1. The summed E-state index contributed by atoms with van der Waals surface area (Å²) in [6, 6.07) is 3.27. The quantitative estimate of drug-likeness (QED) is 0.830. The van der Waals surface area contributed by atoms with Crippen LogP contribution in [-0.4, -0.2) is 11.7 Å². The highest BCUT2D eigenvalue weighted by Crippen LogP contribution is 2.39. The molecule has 0 heterocycles. The minimum atomic E-state index is -0.696. The Balaban J connectivity index is 3.13. The molecule has 3 nitrogen and oxygen atoms in total. The maximum Gasteiger partial charge on any atom is 0.221 e. The number of hydrogen-bond acceptors (Lipinski definition) is 2. The molecule has 0 aliphatic rings. The molecule has 2 atom stereocenters. The number of rotatable bonds is 6. The molecule has 140 valence electrons. The molecule has 2 N–H and O–H groups in total. The van der Waals surface area contributed by atoms with E-state index < -0.39 is 40.2 Å². The van der Waals surface area contributed by atoms with Crippen LogP contribution in [0, 0.1) is 34.3 Å². The average Bonchev–Trinajstić information content (AvgIpc) is 2.38. The molecule has 1 aromatic carbocycles. The molecular formula is C20H29F2NO2. The van der Waals surface area contributed by atoms with Gasteiger partial charge in [0.15, 0.2) is 0 Å². The van der Waals surface area contributed by atoms with E-state index in [-0.39, 0.29) is 18.6 Å². The first-order chi connectivity index (χ1) is 11.2. The average molecular weight is 353 g/mol. The third-order valence-corrected chi connectivity index (χ3v) is 4.39. The van der Waals surface area contributed by atoms with E-state index in [0.29, 0.717) is 5.56 Å². The number of Topliss-reactive ketones (excluding diaryl/α,β-unsaturated/α-hetero) is 1. The van der Waals surface area contributed by atoms with Crippen LogP contribution in [0.3, 0.4) is 0 Å². The lowest BCUT2D eigenvalue weighted by atomic mass is 9.64. The van der Waals surface area contributed by atoms with Crippen molar-refractivity contribution in [1.82, 2.24) is 0 Å². The molecule has 1 amide bonds. The highest BCUT2D eigenvalue weighted by Gasteiger charge is 2.44. The van der Waals surface area contributed by atoms with Crippen LogP contribution in [0.5, 0.6) is 0 Å². The summed E-state index contributed by atoms with van der Waals surface area (Å²) in [4.78, 5) is 25.0. The van der Waals surface area contributed by atoms with Crippen molar-refractivity contribution >= 4 is 11.7 Å². The van der Waals surface area contributed by atoms with Gasteiger partial charge in [-0.1, -0.05) is 41.5 Å². The Morgan fingerprint density at radius 1 is 1.00 bits per heavy atom. The van der Waals surface area contributed by atoms with E-state index in [0.717, 1.165) is 6.07 Å². The highest BCUT2D eigenvalue weighted by molar-refractivity contribution is 5.91. The van der Waals surface area contributed by atoms with Gasteiger partial charge in [0.1, 0.15) is 17.4 Å². The fraction of sp³-hybridized carbons (Fsp3) is 0.600. The Labute approximate surface area is 149 Å². The van der Waals surface area contributed by atoms with Crippen LogP contribution in [0.15, 0.2) is 18.2 Å². The summed E-state index contributed by atoms with van der Waals surface area (Å²) >= 11 is 0. The molecule has 5 heteroatoms. The molecule has 0 aliphatic heterocycles. The molecule has 0 fully saturated rings. The van der Waals surface area contributed by atoms with Gasteiger partial charge in [0, 0.05) is 23.3 Å². The Morgan fingerprint density at radius 3 is 1.84 bits per heavy atom. The number of aryl methyl sites for hydroxylation is 1. The third kappa shape index (κ3) is 5.91. The Hall–Kier alpha value is -1.78. The second kappa shape index (κ2) is 7.63. The van der Waals surface area contributed by atoms with E-state index in [9.17, 15) is 18.4 Å². The monoisotopic (exact) mass is 353 g/mol. The van der Waals surface area contributed by atoms with E-state index in [1.54, 1.807) is 0 Å². The fourth-order valence-corrected chi connectivity index (χ4v) is 3.20. The molecule has 0 spiro atoms. The molecule has 0 aromatic heterocycles. The SMILES string of the molecule is CC(C)(C)C(=O)[C@@H]([C@H](CCc1cc(F)cc(F)c1)C(N)=O)C(C)(C)C. The van der Waals surface area contributed by atoms with Crippen molar-refractivity contribution in [3.05, 3.63) is 35.4 Å². The van der Waals surface area contributed by atoms with Crippen molar-refractivity contribution in [1.29, 1.82) is 0 Å². The normalized spacial score (nSPS) is 14.9. The van der Waals surface area contributed by atoms with E-state index >= 15 is 0 Å². The summed E-state index contributed by atoms with van der Waals surface area (Å²) in [5.74, 6) is -3.18. The van der Waals surface area contributed by atoms with Crippen molar-refractivity contribution < 1.29 is 18.4 Å². The zero-order valence-corrected chi connectivity index (χ0v) is 16.0. The lowest BCUT2D eigenvalue weighted by molar-refractivity contribution is -0.141. The molecule has 1 aromatic rings. The van der Waals surface area contributed by atoms with Crippen molar-refractivity contribution in [2.24, 2.45) is 28.4 Å². The summed E-state index contributed by atoms with van der Waals surface area (Å²) in [7, 11) is 0. The molecule has 0 radical (unpaired) electrons. The molecular weight excluding hydrogens is 324 g/mol. The molecule has 0 bridgehead atoms. The van der Waals surface area contributed by atoms with Gasteiger partial charge in [-0.25, -0.2) is 8.78 Å². The number of benzene rings is 1. The van der Waals surface area contributed by atoms with E-state index in [1.807, 2.05) is 41.5 Å². The van der Waals surface area contributed by atoms with Crippen LogP contribution in [-0.2, 0) is 16.0 Å². The first kappa shape index (κ1) is 21.3. The second-order valence-electron chi connectivity index (χ2n) is 8.78. The van der Waals surface area contributed by atoms with Gasteiger partial charge in [-0.05, 0) is 36.0 Å². The van der Waals surface area contributed by atoms with Gasteiger partial charge in [0.25, 0.3) is 0 Å². The van der Waals surface area contributed by atoms with Gasteiger partial charge in [0.2, 0.25) is 5.91 Å². The van der Waals surface area contributed by atoms with Gasteiger partial charge in [0.05, 0.1) is 0 Å². The van der Waals surface area contributed by atoms with Crippen molar-refractivity contribution in [3.63, 3.8) is 0 Å². The summed E-state index contributed by atoms with van der Waals surface area (Å²) < 4.78 is 26.7. The standard InChI is InChI=1S/C20H29F2NO2/c1-19(2,3)16(17(24)20(4,5)6)15(18(23)25)8-7-12-9-13(21)11-14(22)10-12/h9-11,15-16H,7-8H2,1-6H3,(H2,23,25)/t15-,16+/m0/s1. The van der Waals surface area contributed by atoms with Gasteiger partial charge in [-0.3, -0.25) is 9.59 Å². The van der Waals surface area contributed by atoms with Gasteiger partial charge >= 0.3 is 0 Å². The minimum absolute atomic E-state index is 0.0331.